The third-order valence-electron chi connectivity index (χ3n) is 4.95. The van der Waals surface area contributed by atoms with Crippen molar-refractivity contribution in [2.75, 3.05) is 26.6 Å². The summed E-state index contributed by atoms with van der Waals surface area (Å²) in [6.07, 6.45) is 3.26. The first kappa shape index (κ1) is 16.9. The number of nitrogens with one attached hydrogen (secondary N) is 1. The van der Waals surface area contributed by atoms with E-state index in [2.05, 4.69) is 5.32 Å². The Bertz CT molecular complexity index is 766. The first-order chi connectivity index (χ1) is 12.8. The van der Waals surface area contributed by atoms with Crippen LogP contribution < -0.4 is 14.8 Å². The van der Waals surface area contributed by atoms with E-state index in [1.165, 1.54) is 0 Å². The summed E-state index contributed by atoms with van der Waals surface area (Å²) in [4.78, 5) is 12.3. The Morgan fingerprint density at radius 3 is 2.65 bits per heavy atom. The van der Waals surface area contributed by atoms with Crippen LogP contribution in [-0.2, 0) is 4.74 Å². The number of carbonyl (C=O) groups is 1. The van der Waals surface area contributed by atoms with Crippen molar-refractivity contribution in [1.82, 2.24) is 5.32 Å². The lowest BCUT2D eigenvalue weighted by molar-refractivity contribution is 0.0952. The van der Waals surface area contributed by atoms with Gasteiger partial charge in [-0.1, -0.05) is 18.2 Å². The van der Waals surface area contributed by atoms with Gasteiger partial charge in [0, 0.05) is 25.3 Å². The van der Waals surface area contributed by atoms with E-state index in [9.17, 15) is 4.79 Å². The highest BCUT2D eigenvalue weighted by Gasteiger charge is 2.16. The molecule has 2 heterocycles. The summed E-state index contributed by atoms with van der Waals surface area (Å²) in [5.74, 6) is 2.17. The standard InChI is InChI=1S/C21H23NO4/c23-21(22-10-1-2-15-9-11-24-13-15)17-5-3-16(4-6-17)18-7-8-19-20(12-18)26-14-25-19/h3-8,12,15H,1-2,9-11,13-14H2,(H,22,23). The third-order valence-corrected chi connectivity index (χ3v) is 4.95. The van der Waals surface area contributed by atoms with Gasteiger partial charge in [0.15, 0.2) is 11.5 Å². The van der Waals surface area contributed by atoms with E-state index >= 15 is 0 Å². The zero-order valence-corrected chi connectivity index (χ0v) is 14.7. The number of hydrogen-bond donors (Lipinski definition) is 1. The highest BCUT2D eigenvalue weighted by atomic mass is 16.7. The van der Waals surface area contributed by atoms with Gasteiger partial charge in [0.05, 0.1) is 0 Å². The maximum absolute atomic E-state index is 12.3. The van der Waals surface area contributed by atoms with Gasteiger partial charge < -0.3 is 19.5 Å². The van der Waals surface area contributed by atoms with E-state index in [1.54, 1.807) is 0 Å². The molecule has 5 nitrogen and oxygen atoms in total. The van der Waals surface area contributed by atoms with Gasteiger partial charge >= 0.3 is 0 Å². The van der Waals surface area contributed by atoms with Gasteiger partial charge in [-0.3, -0.25) is 4.79 Å². The molecule has 26 heavy (non-hydrogen) atoms. The lowest BCUT2D eigenvalue weighted by Crippen LogP contribution is -2.24. The molecule has 0 aromatic heterocycles. The van der Waals surface area contributed by atoms with Gasteiger partial charge in [-0.15, -0.1) is 0 Å². The Labute approximate surface area is 153 Å². The molecule has 0 radical (unpaired) electrons. The SMILES string of the molecule is O=C(NCCCC1CCOC1)c1ccc(-c2ccc3c(c2)OCO3)cc1. The van der Waals surface area contributed by atoms with E-state index in [1.807, 2.05) is 42.5 Å². The van der Waals surface area contributed by atoms with Crippen molar-refractivity contribution in [3.63, 3.8) is 0 Å². The van der Waals surface area contributed by atoms with Crippen LogP contribution in [0.5, 0.6) is 11.5 Å². The molecule has 2 aliphatic heterocycles. The van der Waals surface area contributed by atoms with E-state index in [0.29, 0.717) is 18.0 Å². The Kier molecular flexibility index (Phi) is 5.07. The van der Waals surface area contributed by atoms with E-state index in [4.69, 9.17) is 14.2 Å². The van der Waals surface area contributed by atoms with Crippen molar-refractivity contribution in [2.45, 2.75) is 19.3 Å². The van der Waals surface area contributed by atoms with Crippen molar-refractivity contribution >= 4 is 5.91 Å². The molecule has 0 saturated carbocycles. The van der Waals surface area contributed by atoms with E-state index < -0.39 is 0 Å². The van der Waals surface area contributed by atoms with Crippen LogP contribution >= 0.6 is 0 Å². The first-order valence-electron chi connectivity index (χ1n) is 9.15. The molecule has 0 bridgehead atoms. The maximum atomic E-state index is 12.3. The summed E-state index contributed by atoms with van der Waals surface area (Å²) in [7, 11) is 0. The fourth-order valence-corrected chi connectivity index (χ4v) is 3.40. The number of benzene rings is 2. The fraction of sp³-hybridized carbons (Fsp3) is 0.381. The quantitative estimate of drug-likeness (QED) is 0.806. The number of amides is 1. The Morgan fingerprint density at radius 1 is 1.04 bits per heavy atom. The van der Waals surface area contributed by atoms with Crippen molar-refractivity contribution in [3.05, 3.63) is 48.0 Å². The molecule has 1 saturated heterocycles. The van der Waals surface area contributed by atoms with Gasteiger partial charge in [0.1, 0.15) is 0 Å². The zero-order valence-electron chi connectivity index (χ0n) is 14.7. The second-order valence-electron chi connectivity index (χ2n) is 6.77. The average Bonchev–Trinajstić information content (AvgIpc) is 3.36. The molecule has 1 N–H and O–H groups in total. The van der Waals surface area contributed by atoms with Crippen molar-refractivity contribution in [1.29, 1.82) is 0 Å². The monoisotopic (exact) mass is 353 g/mol. The van der Waals surface area contributed by atoms with E-state index in [0.717, 1.165) is 55.1 Å². The van der Waals surface area contributed by atoms with Gasteiger partial charge in [0.2, 0.25) is 6.79 Å². The molecule has 1 fully saturated rings. The van der Waals surface area contributed by atoms with E-state index in [-0.39, 0.29) is 12.7 Å². The molecule has 2 aromatic rings. The number of ether oxygens (including phenoxy) is 3. The molecule has 136 valence electrons. The maximum Gasteiger partial charge on any atom is 0.251 e. The Balaban J connectivity index is 1.31. The summed E-state index contributed by atoms with van der Waals surface area (Å²) in [5, 5.41) is 3.00. The summed E-state index contributed by atoms with van der Waals surface area (Å²) >= 11 is 0. The molecule has 1 amide bonds. The van der Waals surface area contributed by atoms with Crippen LogP contribution in [0.4, 0.5) is 0 Å². The predicted octanol–water partition coefficient (Wildman–Crippen LogP) is 3.63. The van der Waals surface area contributed by atoms with Crippen LogP contribution in [0, 0.1) is 5.92 Å². The largest absolute Gasteiger partial charge is 0.454 e. The molecular formula is C21H23NO4. The predicted molar refractivity (Wildman–Crippen MR) is 98.5 cm³/mol. The van der Waals surface area contributed by atoms with Crippen LogP contribution in [0.1, 0.15) is 29.6 Å². The second kappa shape index (κ2) is 7.79. The summed E-state index contributed by atoms with van der Waals surface area (Å²) < 4.78 is 16.1. The highest BCUT2D eigenvalue weighted by molar-refractivity contribution is 5.94. The molecule has 1 atom stereocenters. The highest BCUT2D eigenvalue weighted by Crippen LogP contribution is 2.35. The molecule has 4 rings (SSSR count). The van der Waals surface area contributed by atoms with Crippen LogP contribution in [-0.4, -0.2) is 32.5 Å². The average molecular weight is 353 g/mol. The van der Waals surface area contributed by atoms with Gasteiger partial charge in [-0.25, -0.2) is 0 Å². The lowest BCUT2D eigenvalue weighted by Gasteiger charge is -2.09. The van der Waals surface area contributed by atoms with Crippen LogP contribution in [0.3, 0.4) is 0 Å². The van der Waals surface area contributed by atoms with Crippen molar-refractivity contribution in [2.24, 2.45) is 5.92 Å². The minimum absolute atomic E-state index is 0.0232. The van der Waals surface area contributed by atoms with Crippen LogP contribution in [0.15, 0.2) is 42.5 Å². The Morgan fingerprint density at radius 2 is 1.85 bits per heavy atom. The van der Waals surface area contributed by atoms with Crippen LogP contribution in [0.25, 0.3) is 11.1 Å². The second-order valence-corrected chi connectivity index (χ2v) is 6.77. The summed E-state index contributed by atoms with van der Waals surface area (Å²) in [5.41, 5.74) is 2.76. The normalized spacial score (nSPS) is 18.1. The molecule has 1 unspecified atom stereocenters. The number of rotatable bonds is 6. The minimum atomic E-state index is -0.0232. The van der Waals surface area contributed by atoms with Gasteiger partial charge in [0.25, 0.3) is 5.91 Å². The van der Waals surface area contributed by atoms with Gasteiger partial charge in [-0.2, -0.15) is 0 Å². The number of hydrogen-bond acceptors (Lipinski definition) is 4. The molecule has 2 aromatic carbocycles. The summed E-state index contributed by atoms with van der Waals surface area (Å²) in [6, 6.07) is 13.5. The smallest absolute Gasteiger partial charge is 0.251 e. The van der Waals surface area contributed by atoms with Crippen LogP contribution in [0.2, 0.25) is 0 Å². The minimum Gasteiger partial charge on any atom is -0.454 e. The Hall–Kier alpha value is -2.53. The van der Waals surface area contributed by atoms with Gasteiger partial charge in [-0.05, 0) is 60.6 Å². The topological polar surface area (TPSA) is 56.8 Å². The number of carbonyl (C=O) groups excluding carboxylic acids is 1. The zero-order chi connectivity index (χ0) is 17.8. The molecular weight excluding hydrogens is 330 g/mol. The first-order valence-corrected chi connectivity index (χ1v) is 9.15. The number of fused-ring (bicyclic) bond motifs is 1. The van der Waals surface area contributed by atoms with Crippen molar-refractivity contribution < 1.29 is 19.0 Å². The fourth-order valence-electron chi connectivity index (χ4n) is 3.40. The summed E-state index contributed by atoms with van der Waals surface area (Å²) in [6.45, 7) is 2.73. The molecule has 5 heteroatoms. The van der Waals surface area contributed by atoms with Crippen molar-refractivity contribution in [3.8, 4) is 22.6 Å². The third kappa shape index (κ3) is 3.83. The molecule has 0 spiro atoms. The molecule has 2 aliphatic rings. The molecule has 0 aliphatic carbocycles. The lowest BCUT2D eigenvalue weighted by atomic mass is 10.0.